The van der Waals surface area contributed by atoms with Gasteiger partial charge in [0.2, 0.25) is 5.91 Å². The molecule has 4 nitrogen and oxygen atoms in total. The van der Waals surface area contributed by atoms with Gasteiger partial charge in [0.05, 0.1) is 0 Å². The maximum atomic E-state index is 12.5. The van der Waals surface area contributed by atoms with Gasteiger partial charge in [-0.3, -0.25) is 9.59 Å². The van der Waals surface area contributed by atoms with Gasteiger partial charge in [-0.1, -0.05) is 42.8 Å². The minimum absolute atomic E-state index is 0.0143. The van der Waals surface area contributed by atoms with Gasteiger partial charge in [-0.2, -0.15) is 0 Å². The summed E-state index contributed by atoms with van der Waals surface area (Å²) in [6.07, 6.45) is 6.74. The van der Waals surface area contributed by atoms with Crippen LogP contribution >= 0.6 is 0 Å². The van der Waals surface area contributed by atoms with Crippen LogP contribution in [0.3, 0.4) is 0 Å². The molecule has 0 atom stereocenters. The van der Waals surface area contributed by atoms with Crippen molar-refractivity contribution in [3.05, 3.63) is 65.7 Å². The Bertz CT molecular complexity index is 752. The van der Waals surface area contributed by atoms with Crippen LogP contribution in [0.15, 0.2) is 54.6 Å². The maximum Gasteiger partial charge on any atom is 0.253 e. The summed E-state index contributed by atoms with van der Waals surface area (Å²) in [5.74, 6) is 0.0741. The molecule has 0 bridgehead atoms. The van der Waals surface area contributed by atoms with E-state index in [-0.39, 0.29) is 11.8 Å². The number of nitrogens with one attached hydrogen (secondary N) is 1. The number of anilines is 1. The summed E-state index contributed by atoms with van der Waals surface area (Å²) >= 11 is 0. The number of unbranched alkanes of at least 4 members (excludes halogenated alkanes) is 2. The molecule has 0 aliphatic carbocycles. The van der Waals surface area contributed by atoms with Gasteiger partial charge < -0.3 is 10.2 Å². The summed E-state index contributed by atoms with van der Waals surface area (Å²) in [5, 5.41) is 2.93. The number of aryl methyl sites for hydroxylation is 1. The van der Waals surface area contributed by atoms with Gasteiger partial charge in [0.25, 0.3) is 5.91 Å². The molecular formula is C23H28N2O2. The first kappa shape index (κ1) is 19.2. The van der Waals surface area contributed by atoms with E-state index in [1.807, 2.05) is 29.2 Å². The molecule has 0 radical (unpaired) electrons. The van der Waals surface area contributed by atoms with Gasteiger partial charge in [-0.25, -0.2) is 0 Å². The molecule has 27 heavy (non-hydrogen) atoms. The van der Waals surface area contributed by atoms with Crippen molar-refractivity contribution in [1.82, 2.24) is 4.90 Å². The molecule has 1 aliphatic rings. The third-order valence-corrected chi connectivity index (χ3v) is 5.00. The Morgan fingerprint density at radius 3 is 2.44 bits per heavy atom. The van der Waals surface area contributed by atoms with E-state index in [1.165, 1.54) is 5.56 Å². The first-order chi connectivity index (χ1) is 13.2. The zero-order chi connectivity index (χ0) is 18.9. The molecule has 2 aromatic carbocycles. The Morgan fingerprint density at radius 1 is 0.889 bits per heavy atom. The maximum absolute atomic E-state index is 12.5. The minimum atomic E-state index is 0.0143. The van der Waals surface area contributed by atoms with E-state index in [1.54, 1.807) is 6.07 Å². The molecule has 1 N–H and O–H groups in total. The summed E-state index contributed by atoms with van der Waals surface area (Å²) in [6, 6.07) is 17.7. The number of benzene rings is 2. The quantitative estimate of drug-likeness (QED) is 0.692. The number of hydrogen-bond acceptors (Lipinski definition) is 2. The molecule has 4 heteroatoms. The SMILES string of the molecule is O=C(CCCCCc1ccccc1)Nc1cccc(C(=O)N2CCCC2)c1. The van der Waals surface area contributed by atoms with E-state index in [9.17, 15) is 9.59 Å². The highest BCUT2D eigenvalue weighted by Crippen LogP contribution is 2.17. The Kier molecular flexibility index (Phi) is 7.03. The van der Waals surface area contributed by atoms with Crippen molar-refractivity contribution in [3.8, 4) is 0 Å². The fraction of sp³-hybridized carbons (Fsp3) is 0.391. The number of carbonyl (C=O) groups excluding carboxylic acids is 2. The predicted octanol–water partition coefficient (Wildman–Crippen LogP) is 4.66. The second-order valence-corrected chi connectivity index (χ2v) is 7.17. The van der Waals surface area contributed by atoms with Gasteiger partial charge in [0, 0.05) is 30.8 Å². The lowest BCUT2D eigenvalue weighted by molar-refractivity contribution is -0.116. The predicted molar refractivity (Wildman–Crippen MR) is 109 cm³/mol. The van der Waals surface area contributed by atoms with E-state index < -0.39 is 0 Å². The fourth-order valence-electron chi connectivity index (χ4n) is 3.49. The van der Waals surface area contributed by atoms with Gasteiger partial charge in [0.1, 0.15) is 0 Å². The monoisotopic (exact) mass is 364 g/mol. The first-order valence-corrected chi connectivity index (χ1v) is 9.95. The fourth-order valence-corrected chi connectivity index (χ4v) is 3.49. The van der Waals surface area contributed by atoms with Crippen LogP contribution in [0.1, 0.15) is 54.4 Å². The molecule has 2 aromatic rings. The van der Waals surface area contributed by atoms with Crippen LogP contribution in [0, 0.1) is 0 Å². The van der Waals surface area contributed by atoms with E-state index in [0.717, 1.165) is 51.6 Å². The van der Waals surface area contributed by atoms with Crippen molar-refractivity contribution in [3.63, 3.8) is 0 Å². The highest BCUT2D eigenvalue weighted by Gasteiger charge is 2.19. The van der Waals surface area contributed by atoms with Crippen molar-refractivity contribution in [2.75, 3.05) is 18.4 Å². The summed E-state index contributed by atoms with van der Waals surface area (Å²) in [7, 11) is 0. The van der Waals surface area contributed by atoms with Crippen molar-refractivity contribution in [2.45, 2.75) is 44.9 Å². The molecule has 0 unspecified atom stereocenters. The highest BCUT2D eigenvalue weighted by atomic mass is 16.2. The molecule has 0 spiro atoms. The van der Waals surface area contributed by atoms with E-state index in [4.69, 9.17) is 0 Å². The van der Waals surface area contributed by atoms with Gasteiger partial charge in [0.15, 0.2) is 0 Å². The van der Waals surface area contributed by atoms with Gasteiger partial charge in [-0.05, 0) is 55.9 Å². The topological polar surface area (TPSA) is 49.4 Å². The normalized spacial score (nSPS) is 13.6. The third-order valence-electron chi connectivity index (χ3n) is 5.00. The van der Waals surface area contributed by atoms with Crippen molar-refractivity contribution in [2.24, 2.45) is 0 Å². The zero-order valence-corrected chi connectivity index (χ0v) is 15.8. The largest absolute Gasteiger partial charge is 0.339 e. The van der Waals surface area contributed by atoms with Crippen LogP contribution in [-0.2, 0) is 11.2 Å². The van der Waals surface area contributed by atoms with Crippen LogP contribution in [-0.4, -0.2) is 29.8 Å². The zero-order valence-electron chi connectivity index (χ0n) is 15.8. The number of amides is 2. The summed E-state index contributed by atoms with van der Waals surface area (Å²) in [5.41, 5.74) is 2.70. The lowest BCUT2D eigenvalue weighted by Gasteiger charge is -2.15. The summed E-state index contributed by atoms with van der Waals surface area (Å²) in [6.45, 7) is 1.66. The number of carbonyl (C=O) groups is 2. The first-order valence-electron chi connectivity index (χ1n) is 9.95. The Labute approximate surface area is 161 Å². The molecule has 3 rings (SSSR count). The van der Waals surface area contributed by atoms with Crippen molar-refractivity contribution in [1.29, 1.82) is 0 Å². The van der Waals surface area contributed by atoms with Crippen molar-refractivity contribution >= 4 is 17.5 Å². The smallest absolute Gasteiger partial charge is 0.253 e. The lowest BCUT2D eigenvalue weighted by Crippen LogP contribution is -2.27. The third kappa shape index (κ3) is 5.95. The Balaban J connectivity index is 1.40. The summed E-state index contributed by atoms with van der Waals surface area (Å²) < 4.78 is 0. The molecule has 0 aromatic heterocycles. The van der Waals surface area contributed by atoms with Crippen LogP contribution in [0.25, 0.3) is 0 Å². The molecule has 142 valence electrons. The molecule has 1 aliphatic heterocycles. The highest BCUT2D eigenvalue weighted by molar-refractivity contribution is 5.97. The average Bonchev–Trinajstić information content (AvgIpc) is 3.23. The van der Waals surface area contributed by atoms with E-state index in [0.29, 0.717) is 17.7 Å². The Hall–Kier alpha value is -2.62. The molecule has 1 heterocycles. The number of nitrogens with zero attached hydrogens (tertiary/aromatic N) is 1. The molecule has 0 saturated carbocycles. The Morgan fingerprint density at radius 2 is 1.67 bits per heavy atom. The van der Waals surface area contributed by atoms with Crippen LogP contribution in [0.5, 0.6) is 0 Å². The number of rotatable bonds is 8. The molecule has 1 saturated heterocycles. The van der Waals surface area contributed by atoms with E-state index >= 15 is 0 Å². The van der Waals surface area contributed by atoms with Crippen LogP contribution in [0.2, 0.25) is 0 Å². The van der Waals surface area contributed by atoms with E-state index in [2.05, 4.69) is 29.6 Å². The molecule has 2 amide bonds. The van der Waals surface area contributed by atoms with Crippen LogP contribution in [0.4, 0.5) is 5.69 Å². The second-order valence-electron chi connectivity index (χ2n) is 7.17. The lowest BCUT2D eigenvalue weighted by atomic mass is 10.1. The second kappa shape index (κ2) is 9.91. The minimum Gasteiger partial charge on any atom is -0.339 e. The average molecular weight is 364 g/mol. The molecule has 1 fully saturated rings. The number of likely N-dealkylation sites (tertiary alicyclic amines) is 1. The number of hydrogen-bond donors (Lipinski definition) is 1. The van der Waals surface area contributed by atoms with Gasteiger partial charge in [-0.15, -0.1) is 0 Å². The van der Waals surface area contributed by atoms with Gasteiger partial charge >= 0.3 is 0 Å². The summed E-state index contributed by atoms with van der Waals surface area (Å²) in [4.78, 5) is 26.5. The van der Waals surface area contributed by atoms with Crippen LogP contribution < -0.4 is 5.32 Å². The van der Waals surface area contributed by atoms with Crippen molar-refractivity contribution < 1.29 is 9.59 Å². The standard InChI is InChI=1S/C23H28N2O2/c26-22(15-6-2-5-12-19-10-3-1-4-11-19)24-21-14-9-13-20(18-21)23(27)25-16-7-8-17-25/h1,3-4,9-11,13-14,18H,2,5-8,12,15-17H2,(H,24,26). The molecular weight excluding hydrogens is 336 g/mol.